The number of rotatable bonds is 0. The van der Waals surface area contributed by atoms with Crippen molar-refractivity contribution in [1.82, 2.24) is 15.1 Å². The van der Waals surface area contributed by atoms with Gasteiger partial charge < -0.3 is 10.4 Å². The highest BCUT2D eigenvalue weighted by Crippen LogP contribution is 2.16. The van der Waals surface area contributed by atoms with E-state index in [9.17, 15) is 13.2 Å². The topological polar surface area (TPSA) is 67.2 Å². The van der Waals surface area contributed by atoms with Gasteiger partial charge in [-0.05, 0) is 0 Å². The van der Waals surface area contributed by atoms with Crippen LogP contribution < -0.4 is 5.32 Å². The maximum absolute atomic E-state index is 10.6. The number of aliphatic carboxylic acids is 1. The van der Waals surface area contributed by atoms with Crippen LogP contribution in [0.5, 0.6) is 0 Å². The molecule has 0 radical (unpaired) electrons. The zero-order valence-corrected chi connectivity index (χ0v) is 9.22. The Hall–Kier alpha value is -1.28. The maximum atomic E-state index is 10.6. The van der Waals surface area contributed by atoms with Gasteiger partial charge in [-0.3, -0.25) is 4.68 Å². The first-order valence-electron chi connectivity index (χ1n) is 4.53. The summed E-state index contributed by atoms with van der Waals surface area (Å²) in [7, 11) is 0. The Morgan fingerprint density at radius 3 is 2.65 bits per heavy atom. The first-order valence-corrected chi connectivity index (χ1v) is 4.91. The lowest BCUT2D eigenvalue weighted by atomic mass is 10.3. The van der Waals surface area contributed by atoms with Crippen LogP contribution in [0.15, 0.2) is 6.20 Å². The van der Waals surface area contributed by atoms with Crippen LogP contribution in [-0.4, -0.2) is 33.6 Å². The Bertz CT molecular complexity index is 405. The summed E-state index contributed by atoms with van der Waals surface area (Å²) in [4.78, 5) is 8.90. The largest absolute Gasteiger partial charge is 0.490 e. The third-order valence-corrected chi connectivity index (χ3v) is 2.25. The van der Waals surface area contributed by atoms with Gasteiger partial charge in [-0.1, -0.05) is 11.6 Å². The van der Waals surface area contributed by atoms with E-state index in [-0.39, 0.29) is 0 Å². The fourth-order valence-corrected chi connectivity index (χ4v) is 1.36. The lowest BCUT2D eigenvalue weighted by molar-refractivity contribution is -0.192. The van der Waals surface area contributed by atoms with Crippen LogP contribution >= 0.6 is 11.6 Å². The molecule has 0 amide bonds. The summed E-state index contributed by atoms with van der Waals surface area (Å²) in [6.45, 7) is 2.77. The maximum Gasteiger partial charge on any atom is 0.490 e. The second kappa shape index (κ2) is 5.37. The molecule has 2 N–H and O–H groups in total. The average Bonchev–Trinajstić information content (AvgIpc) is 2.61. The van der Waals surface area contributed by atoms with E-state index in [0.29, 0.717) is 0 Å². The standard InChI is InChI=1S/C6H8ClN3.C2HF3O2/c7-5-3-9-10-2-1-8-4-6(5)10;3-2(4,5)1(6)7/h3,8H,1-2,4H2;(H,6,7). The number of halogens is 4. The molecule has 1 aliphatic rings. The fourth-order valence-electron chi connectivity index (χ4n) is 1.15. The van der Waals surface area contributed by atoms with Crippen LogP contribution in [0, 0.1) is 0 Å². The van der Waals surface area contributed by atoms with Gasteiger partial charge in [0, 0.05) is 13.1 Å². The van der Waals surface area contributed by atoms with Crippen LogP contribution in [0.25, 0.3) is 0 Å². The van der Waals surface area contributed by atoms with Crippen LogP contribution in [0.2, 0.25) is 5.02 Å². The lowest BCUT2D eigenvalue weighted by Crippen LogP contribution is -2.28. The third kappa shape index (κ3) is 3.90. The minimum Gasteiger partial charge on any atom is -0.475 e. The number of carbonyl (C=O) groups is 1. The van der Waals surface area contributed by atoms with E-state index in [4.69, 9.17) is 21.5 Å². The third-order valence-electron chi connectivity index (χ3n) is 1.93. The van der Waals surface area contributed by atoms with Gasteiger partial charge in [0.25, 0.3) is 0 Å². The molecule has 0 saturated heterocycles. The summed E-state index contributed by atoms with van der Waals surface area (Å²) in [5.41, 5.74) is 1.10. The van der Waals surface area contributed by atoms with Crippen LogP contribution in [-0.2, 0) is 17.9 Å². The fraction of sp³-hybridized carbons (Fsp3) is 0.500. The Morgan fingerprint density at radius 1 is 1.59 bits per heavy atom. The number of carboxylic acids is 1. The molecule has 1 aromatic rings. The minimum absolute atomic E-state index is 0.771. The molecule has 0 atom stereocenters. The van der Waals surface area contributed by atoms with Crippen molar-refractivity contribution < 1.29 is 23.1 Å². The van der Waals surface area contributed by atoms with E-state index in [1.165, 1.54) is 0 Å². The highest BCUT2D eigenvalue weighted by atomic mass is 35.5. The predicted octanol–water partition coefficient (Wildman–Crippen LogP) is 1.27. The molecule has 0 aromatic carbocycles. The summed E-state index contributed by atoms with van der Waals surface area (Å²) < 4.78 is 33.7. The summed E-state index contributed by atoms with van der Waals surface area (Å²) in [6, 6.07) is 0. The molecule has 1 aromatic heterocycles. The molecular weight excluding hydrogens is 263 g/mol. The second-order valence-corrected chi connectivity index (χ2v) is 3.55. The Kier molecular flexibility index (Phi) is 4.35. The van der Waals surface area contributed by atoms with Crippen molar-refractivity contribution in [2.24, 2.45) is 0 Å². The van der Waals surface area contributed by atoms with Gasteiger partial charge in [0.2, 0.25) is 0 Å². The van der Waals surface area contributed by atoms with Crippen molar-refractivity contribution in [3.63, 3.8) is 0 Å². The van der Waals surface area contributed by atoms with Crippen molar-refractivity contribution >= 4 is 17.6 Å². The second-order valence-electron chi connectivity index (χ2n) is 3.14. The van der Waals surface area contributed by atoms with Crippen LogP contribution in [0.1, 0.15) is 5.69 Å². The van der Waals surface area contributed by atoms with Crippen molar-refractivity contribution in [2.75, 3.05) is 6.54 Å². The van der Waals surface area contributed by atoms with Gasteiger partial charge in [0.1, 0.15) is 0 Å². The van der Waals surface area contributed by atoms with Crippen molar-refractivity contribution in [1.29, 1.82) is 0 Å². The highest BCUT2D eigenvalue weighted by Gasteiger charge is 2.38. The number of aromatic nitrogens is 2. The number of nitrogens with zero attached hydrogens (tertiary/aromatic N) is 2. The smallest absolute Gasteiger partial charge is 0.475 e. The minimum atomic E-state index is -5.08. The monoisotopic (exact) mass is 271 g/mol. The molecule has 0 unspecified atom stereocenters. The summed E-state index contributed by atoms with van der Waals surface area (Å²) >= 11 is 5.83. The SMILES string of the molecule is Clc1cnn2c1CNCC2.O=C(O)C(F)(F)F. The van der Waals surface area contributed by atoms with E-state index in [1.54, 1.807) is 6.20 Å². The number of fused-ring (bicyclic) bond motifs is 1. The molecule has 17 heavy (non-hydrogen) atoms. The molecule has 0 saturated carbocycles. The summed E-state index contributed by atoms with van der Waals surface area (Å²) in [6.07, 6.45) is -3.39. The van der Waals surface area contributed by atoms with E-state index < -0.39 is 12.1 Å². The molecule has 0 bridgehead atoms. The zero-order chi connectivity index (χ0) is 13.1. The number of hydrogen-bond donors (Lipinski definition) is 2. The number of nitrogens with one attached hydrogen (secondary N) is 1. The predicted molar refractivity (Wildman–Crippen MR) is 52.6 cm³/mol. The molecule has 0 spiro atoms. The molecule has 2 rings (SSSR count). The Balaban J connectivity index is 0.000000185. The normalized spacial score (nSPS) is 14.6. The van der Waals surface area contributed by atoms with Crippen LogP contribution in [0.4, 0.5) is 13.2 Å². The molecule has 0 fully saturated rings. The number of alkyl halides is 3. The van der Waals surface area contributed by atoms with E-state index in [1.807, 2.05) is 4.68 Å². The van der Waals surface area contributed by atoms with Gasteiger partial charge in [-0.25, -0.2) is 4.79 Å². The molecule has 96 valence electrons. The summed E-state index contributed by atoms with van der Waals surface area (Å²) in [5, 5.41) is 15.2. The van der Waals surface area contributed by atoms with Crippen molar-refractivity contribution in [2.45, 2.75) is 19.3 Å². The van der Waals surface area contributed by atoms with Crippen molar-refractivity contribution in [3.8, 4) is 0 Å². The average molecular weight is 272 g/mol. The quantitative estimate of drug-likeness (QED) is 0.746. The molecule has 9 heteroatoms. The molecule has 2 heterocycles. The van der Waals surface area contributed by atoms with Crippen LogP contribution in [0.3, 0.4) is 0 Å². The van der Waals surface area contributed by atoms with E-state index in [0.717, 1.165) is 30.4 Å². The highest BCUT2D eigenvalue weighted by molar-refractivity contribution is 6.31. The molecule has 5 nitrogen and oxygen atoms in total. The van der Waals surface area contributed by atoms with Gasteiger partial charge in [-0.2, -0.15) is 18.3 Å². The number of hydrogen-bond acceptors (Lipinski definition) is 3. The lowest BCUT2D eigenvalue weighted by Gasteiger charge is -2.14. The van der Waals surface area contributed by atoms with Gasteiger partial charge in [0.15, 0.2) is 0 Å². The Morgan fingerprint density at radius 2 is 2.18 bits per heavy atom. The first kappa shape index (κ1) is 13.8. The van der Waals surface area contributed by atoms with Gasteiger partial charge in [0.05, 0.1) is 23.5 Å². The van der Waals surface area contributed by atoms with Gasteiger partial charge >= 0.3 is 12.1 Å². The summed E-state index contributed by atoms with van der Waals surface area (Å²) in [5.74, 6) is -2.76. The number of carboxylic acid groups (broad SMARTS) is 1. The first-order chi connectivity index (χ1) is 7.82. The molecule has 1 aliphatic heterocycles. The Labute approximate surface area is 99.2 Å². The zero-order valence-electron chi connectivity index (χ0n) is 8.46. The van der Waals surface area contributed by atoms with Crippen molar-refractivity contribution in [3.05, 3.63) is 16.9 Å². The van der Waals surface area contributed by atoms with E-state index >= 15 is 0 Å². The molecular formula is C8H9ClF3N3O2. The van der Waals surface area contributed by atoms with Gasteiger partial charge in [-0.15, -0.1) is 0 Å². The van der Waals surface area contributed by atoms with E-state index in [2.05, 4.69) is 10.4 Å². The molecule has 0 aliphatic carbocycles.